The number of benzene rings is 1. The summed E-state index contributed by atoms with van der Waals surface area (Å²) < 4.78 is 7.81. The highest BCUT2D eigenvalue weighted by Crippen LogP contribution is 2.24. The molecule has 1 atom stereocenters. The van der Waals surface area contributed by atoms with Crippen LogP contribution in [0.3, 0.4) is 0 Å². The molecule has 114 valence electrons. The van der Waals surface area contributed by atoms with Gasteiger partial charge in [0.25, 0.3) is 0 Å². The number of nitrogens with zero attached hydrogens (tertiary/aromatic N) is 2. The molecule has 2 aromatic rings. The molecule has 0 aliphatic heterocycles. The van der Waals surface area contributed by atoms with E-state index in [1.165, 1.54) is 11.1 Å². The van der Waals surface area contributed by atoms with Gasteiger partial charge in [-0.1, -0.05) is 13.0 Å². The lowest BCUT2D eigenvalue weighted by Crippen LogP contribution is -2.19. The number of rotatable bonds is 8. The Balaban J connectivity index is 2.21. The number of hydrogen-bond donors (Lipinski definition) is 1. The lowest BCUT2D eigenvalue weighted by molar-refractivity contribution is 0.335. The van der Waals surface area contributed by atoms with E-state index < -0.39 is 0 Å². The Morgan fingerprint density at radius 1 is 1.33 bits per heavy atom. The molecule has 0 fully saturated rings. The van der Waals surface area contributed by atoms with E-state index in [4.69, 9.17) is 4.74 Å². The molecule has 0 aliphatic rings. The van der Waals surface area contributed by atoms with Crippen LogP contribution in [0.4, 0.5) is 0 Å². The standard InChI is InChI=1S/C17H25N3O/c1-4-8-19-14(3)15-6-7-17(21-5-2)16(11-15)12-20-10-9-18-13-20/h6-7,9-11,13-14,19H,4-5,8,12H2,1-3H3. The molecule has 0 saturated heterocycles. The van der Waals surface area contributed by atoms with Gasteiger partial charge in [-0.25, -0.2) is 4.98 Å². The first kappa shape index (κ1) is 15.6. The summed E-state index contributed by atoms with van der Waals surface area (Å²) in [5.41, 5.74) is 2.49. The summed E-state index contributed by atoms with van der Waals surface area (Å²) in [7, 11) is 0. The minimum Gasteiger partial charge on any atom is -0.494 e. The van der Waals surface area contributed by atoms with Crippen molar-refractivity contribution in [3.8, 4) is 5.75 Å². The monoisotopic (exact) mass is 287 g/mol. The fourth-order valence-corrected chi connectivity index (χ4v) is 2.34. The van der Waals surface area contributed by atoms with Crippen LogP contribution < -0.4 is 10.1 Å². The molecule has 0 amide bonds. The van der Waals surface area contributed by atoms with Crippen molar-refractivity contribution in [2.75, 3.05) is 13.2 Å². The van der Waals surface area contributed by atoms with Crippen LogP contribution in [-0.4, -0.2) is 22.7 Å². The maximum atomic E-state index is 5.75. The smallest absolute Gasteiger partial charge is 0.124 e. The summed E-state index contributed by atoms with van der Waals surface area (Å²) >= 11 is 0. The maximum Gasteiger partial charge on any atom is 0.124 e. The molecule has 0 saturated carbocycles. The lowest BCUT2D eigenvalue weighted by Gasteiger charge is -2.17. The fourth-order valence-electron chi connectivity index (χ4n) is 2.34. The van der Waals surface area contributed by atoms with E-state index in [1.807, 2.05) is 19.4 Å². The largest absolute Gasteiger partial charge is 0.494 e. The molecule has 1 aromatic carbocycles. The minimum absolute atomic E-state index is 0.349. The molecule has 1 heterocycles. The molecule has 21 heavy (non-hydrogen) atoms. The first-order chi connectivity index (χ1) is 10.2. The van der Waals surface area contributed by atoms with Gasteiger partial charge < -0.3 is 14.6 Å². The van der Waals surface area contributed by atoms with Crippen LogP contribution in [0.2, 0.25) is 0 Å². The molecule has 4 heteroatoms. The molecule has 4 nitrogen and oxygen atoms in total. The van der Waals surface area contributed by atoms with Crippen molar-refractivity contribution in [2.24, 2.45) is 0 Å². The third-order valence-corrected chi connectivity index (χ3v) is 3.50. The summed E-state index contributed by atoms with van der Waals surface area (Å²) in [4.78, 5) is 4.10. The predicted octanol–water partition coefficient (Wildman–Crippen LogP) is 3.39. The van der Waals surface area contributed by atoms with Gasteiger partial charge in [0.15, 0.2) is 0 Å². The van der Waals surface area contributed by atoms with Crippen molar-refractivity contribution < 1.29 is 4.74 Å². The van der Waals surface area contributed by atoms with Crippen LogP contribution in [0.5, 0.6) is 5.75 Å². The molecule has 1 N–H and O–H groups in total. The van der Waals surface area contributed by atoms with Crippen LogP contribution in [-0.2, 0) is 6.54 Å². The first-order valence-corrected chi connectivity index (χ1v) is 7.69. The SMILES string of the molecule is CCCNC(C)c1ccc(OCC)c(Cn2ccnc2)c1. The van der Waals surface area contributed by atoms with Gasteiger partial charge in [0.1, 0.15) is 5.75 Å². The van der Waals surface area contributed by atoms with Gasteiger partial charge in [0.05, 0.1) is 19.5 Å². The molecular formula is C17H25N3O. The highest BCUT2D eigenvalue weighted by Gasteiger charge is 2.10. The minimum atomic E-state index is 0.349. The topological polar surface area (TPSA) is 39.1 Å². The molecule has 0 aliphatic carbocycles. The van der Waals surface area contributed by atoms with E-state index in [0.29, 0.717) is 12.6 Å². The Kier molecular flexibility index (Phi) is 5.81. The number of aromatic nitrogens is 2. The van der Waals surface area contributed by atoms with Crippen molar-refractivity contribution in [1.29, 1.82) is 0 Å². The molecule has 0 radical (unpaired) electrons. The highest BCUT2D eigenvalue weighted by molar-refractivity contribution is 5.38. The zero-order chi connectivity index (χ0) is 15.1. The summed E-state index contributed by atoms with van der Waals surface area (Å²) in [5, 5.41) is 3.53. The van der Waals surface area contributed by atoms with E-state index in [2.05, 4.69) is 46.9 Å². The Morgan fingerprint density at radius 3 is 2.86 bits per heavy atom. The summed E-state index contributed by atoms with van der Waals surface area (Å²) in [6.07, 6.45) is 6.75. The van der Waals surface area contributed by atoms with E-state index in [1.54, 1.807) is 6.20 Å². The molecule has 0 bridgehead atoms. The number of nitrogens with one attached hydrogen (secondary N) is 1. The summed E-state index contributed by atoms with van der Waals surface area (Å²) in [6.45, 7) is 8.89. The van der Waals surface area contributed by atoms with Crippen LogP contribution in [0.1, 0.15) is 44.4 Å². The average molecular weight is 287 g/mol. The second-order valence-electron chi connectivity index (χ2n) is 5.21. The third-order valence-electron chi connectivity index (χ3n) is 3.50. The van der Waals surface area contributed by atoms with Gasteiger partial charge in [-0.2, -0.15) is 0 Å². The molecular weight excluding hydrogens is 262 g/mol. The van der Waals surface area contributed by atoms with Crippen molar-refractivity contribution in [3.63, 3.8) is 0 Å². The van der Waals surface area contributed by atoms with Gasteiger partial charge in [0, 0.05) is 24.0 Å². The van der Waals surface area contributed by atoms with Crippen LogP contribution in [0, 0.1) is 0 Å². The highest BCUT2D eigenvalue weighted by atomic mass is 16.5. The van der Waals surface area contributed by atoms with Crippen molar-refractivity contribution in [2.45, 2.75) is 39.8 Å². The summed E-state index contributed by atoms with van der Waals surface area (Å²) in [6, 6.07) is 6.81. The van der Waals surface area contributed by atoms with Gasteiger partial charge in [-0.15, -0.1) is 0 Å². The molecule has 1 unspecified atom stereocenters. The molecule has 0 spiro atoms. The zero-order valence-corrected chi connectivity index (χ0v) is 13.2. The zero-order valence-electron chi connectivity index (χ0n) is 13.2. The number of imidazole rings is 1. The number of ether oxygens (including phenoxy) is 1. The Bertz CT molecular complexity index is 537. The normalized spacial score (nSPS) is 12.3. The molecule has 2 rings (SSSR count). The van der Waals surface area contributed by atoms with Gasteiger partial charge >= 0.3 is 0 Å². The first-order valence-electron chi connectivity index (χ1n) is 7.69. The Morgan fingerprint density at radius 2 is 2.19 bits per heavy atom. The van der Waals surface area contributed by atoms with E-state index in [-0.39, 0.29) is 0 Å². The van der Waals surface area contributed by atoms with Crippen molar-refractivity contribution in [3.05, 3.63) is 48.0 Å². The lowest BCUT2D eigenvalue weighted by atomic mass is 10.0. The van der Waals surface area contributed by atoms with Gasteiger partial charge in [-0.05, 0) is 44.5 Å². The predicted molar refractivity (Wildman–Crippen MR) is 85.6 cm³/mol. The maximum absolute atomic E-state index is 5.75. The van der Waals surface area contributed by atoms with Crippen LogP contribution in [0.15, 0.2) is 36.9 Å². The van der Waals surface area contributed by atoms with E-state index in [0.717, 1.165) is 25.3 Å². The average Bonchev–Trinajstić information content (AvgIpc) is 2.99. The van der Waals surface area contributed by atoms with Crippen molar-refractivity contribution >= 4 is 0 Å². The number of hydrogen-bond acceptors (Lipinski definition) is 3. The van der Waals surface area contributed by atoms with Gasteiger partial charge in [0.2, 0.25) is 0 Å². The fraction of sp³-hybridized carbons (Fsp3) is 0.471. The second kappa shape index (κ2) is 7.84. The quantitative estimate of drug-likeness (QED) is 0.809. The Labute approximate surface area is 127 Å². The third kappa shape index (κ3) is 4.33. The second-order valence-corrected chi connectivity index (χ2v) is 5.21. The van der Waals surface area contributed by atoms with Gasteiger partial charge in [-0.3, -0.25) is 0 Å². The van der Waals surface area contributed by atoms with Crippen LogP contribution >= 0.6 is 0 Å². The molecule has 1 aromatic heterocycles. The van der Waals surface area contributed by atoms with Crippen LogP contribution in [0.25, 0.3) is 0 Å². The Hall–Kier alpha value is -1.81. The van der Waals surface area contributed by atoms with E-state index in [9.17, 15) is 0 Å². The van der Waals surface area contributed by atoms with Crippen molar-refractivity contribution in [1.82, 2.24) is 14.9 Å². The van der Waals surface area contributed by atoms with E-state index >= 15 is 0 Å². The summed E-state index contributed by atoms with van der Waals surface area (Å²) in [5.74, 6) is 0.956.